The van der Waals surface area contributed by atoms with Gasteiger partial charge in [-0.1, -0.05) is 23.7 Å². The number of benzene rings is 1. The summed E-state index contributed by atoms with van der Waals surface area (Å²) in [6.45, 7) is 3.86. The molecule has 1 aromatic carbocycles. The maximum Gasteiger partial charge on any atom is 0.171 e. The first-order valence-corrected chi connectivity index (χ1v) is 8.01. The molecule has 21 heavy (non-hydrogen) atoms. The second kappa shape index (κ2) is 6.48. The molecule has 2 aliphatic rings. The summed E-state index contributed by atoms with van der Waals surface area (Å²) >= 11 is 11.3. The van der Waals surface area contributed by atoms with E-state index in [0.717, 1.165) is 41.6 Å². The maximum absolute atomic E-state index is 5.88. The highest BCUT2D eigenvalue weighted by atomic mass is 35.5. The number of halogens is 1. The third kappa shape index (κ3) is 3.66. The molecule has 6 heteroatoms. The van der Waals surface area contributed by atoms with E-state index in [2.05, 4.69) is 10.2 Å². The number of rotatable bonds is 2. The topological polar surface area (TPSA) is 33.7 Å². The molecule has 0 aromatic heterocycles. The number of piperidine rings is 1. The zero-order valence-corrected chi connectivity index (χ0v) is 13.4. The predicted molar refractivity (Wildman–Crippen MR) is 86.3 cm³/mol. The molecule has 2 aliphatic heterocycles. The Balaban J connectivity index is 1.47. The normalized spacial score (nSPS) is 20.7. The molecule has 0 unspecified atom stereocenters. The lowest BCUT2D eigenvalue weighted by molar-refractivity contribution is -0.180. The molecule has 2 saturated heterocycles. The minimum Gasteiger partial charge on any atom is -0.358 e. The van der Waals surface area contributed by atoms with Crippen molar-refractivity contribution in [1.29, 1.82) is 0 Å². The van der Waals surface area contributed by atoms with Crippen LogP contribution in [-0.2, 0) is 16.0 Å². The zero-order chi connectivity index (χ0) is 14.7. The molecule has 4 nitrogen and oxygen atoms in total. The third-order valence-corrected chi connectivity index (χ3v) is 4.64. The molecule has 1 N–H and O–H groups in total. The number of thiocarbonyl (C=S) groups is 1. The first kappa shape index (κ1) is 15.0. The van der Waals surface area contributed by atoms with Crippen molar-refractivity contribution in [1.82, 2.24) is 10.2 Å². The minimum absolute atomic E-state index is 0.345. The van der Waals surface area contributed by atoms with Crippen LogP contribution < -0.4 is 5.32 Å². The Kier molecular flexibility index (Phi) is 4.64. The number of hydrogen-bond donors (Lipinski definition) is 1. The second-order valence-electron chi connectivity index (χ2n) is 5.38. The van der Waals surface area contributed by atoms with E-state index in [9.17, 15) is 0 Å². The molecule has 1 spiro atoms. The lowest BCUT2D eigenvalue weighted by Crippen LogP contribution is -2.50. The van der Waals surface area contributed by atoms with Crippen LogP contribution in [0.2, 0.25) is 5.02 Å². The third-order valence-electron chi connectivity index (χ3n) is 3.98. The lowest BCUT2D eigenvalue weighted by Gasteiger charge is -2.38. The van der Waals surface area contributed by atoms with Gasteiger partial charge in [-0.3, -0.25) is 0 Å². The van der Waals surface area contributed by atoms with Gasteiger partial charge in [-0.2, -0.15) is 0 Å². The summed E-state index contributed by atoms with van der Waals surface area (Å²) in [4.78, 5) is 2.18. The predicted octanol–water partition coefficient (Wildman–Crippen LogP) is 2.55. The van der Waals surface area contributed by atoms with Crippen molar-refractivity contribution < 1.29 is 9.47 Å². The highest BCUT2D eigenvalue weighted by molar-refractivity contribution is 7.80. The van der Waals surface area contributed by atoms with Gasteiger partial charge in [0, 0.05) is 37.5 Å². The summed E-state index contributed by atoms with van der Waals surface area (Å²) in [5, 5.41) is 4.84. The Bertz CT molecular complexity index is 493. The van der Waals surface area contributed by atoms with Gasteiger partial charge in [0.05, 0.1) is 13.2 Å². The van der Waals surface area contributed by atoms with E-state index in [1.807, 2.05) is 24.3 Å². The van der Waals surface area contributed by atoms with Crippen LogP contribution in [0.25, 0.3) is 0 Å². The summed E-state index contributed by atoms with van der Waals surface area (Å²) in [6.07, 6.45) is 1.74. The molecule has 0 saturated carbocycles. The zero-order valence-electron chi connectivity index (χ0n) is 11.8. The van der Waals surface area contributed by atoms with Gasteiger partial charge >= 0.3 is 0 Å². The molecular weight excluding hydrogens is 308 g/mol. The lowest BCUT2D eigenvalue weighted by atomic mass is 10.0. The molecule has 0 amide bonds. The van der Waals surface area contributed by atoms with Gasteiger partial charge in [-0.25, -0.2) is 0 Å². The average Bonchev–Trinajstić information content (AvgIpc) is 2.95. The van der Waals surface area contributed by atoms with Gasteiger partial charge in [0.15, 0.2) is 10.9 Å². The van der Waals surface area contributed by atoms with Crippen LogP contribution in [0.1, 0.15) is 18.4 Å². The van der Waals surface area contributed by atoms with E-state index in [4.69, 9.17) is 33.3 Å². The molecule has 1 aromatic rings. The standard InChI is InChI=1S/C15H19ClN2O2S/c16-13-3-1-12(2-4-13)11-17-14(21)18-7-5-15(6-8-18)19-9-10-20-15/h1-4H,5-11H2,(H,17,21). The maximum atomic E-state index is 5.88. The number of nitrogens with one attached hydrogen (secondary N) is 1. The van der Waals surface area contributed by atoms with Crippen molar-refractivity contribution in [3.8, 4) is 0 Å². The number of nitrogens with zero attached hydrogens (tertiary/aromatic N) is 1. The van der Waals surface area contributed by atoms with Crippen molar-refractivity contribution >= 4 is 28.9 Å². The van der Waals surface area contributed by atoms with Crippen LogP contribution in [-0.4, -0.2) is 42.1 Å². The van der Waals surface area contributed by atoms with Crippen molar-refractivity contribution in [2.75, 3.05) is 26.3 Å². The minimum atomic E-state index is -0.345. The Labute approximate surface area is 135 Å². The van der Waals surface area contributed by atoms with E-state index in [0.29, 0.717) is 19.8 Å². The van der Waals surface area contributed by atoms with Crippen LogP contribution in [0.15, 0.2) is 24.3 Å². The SMILES string of the molecule is S=C(NCc1ccc(Cl)cc1)N1CCC2(CC1)OCCO2. The number of hydrogen-bond acceptors (Lipinski definition) is 3. The van der Waals surface area contributed by atoms with Crippen LogP contribution in [0.5, 0.6) is 0 Å². The van der Waals surface area contributed by atoms with Crippen molar-refractivity contribution in [2.45, 2.75) is 25.2 Å². The van der Waals surface area contributed by atoms with E-state index >= 15 is 0 Å². The summed E-state index contributed by atoms with van der Waals surface area (Å²) in [5.74, 6) is -0.345. The monoisotopic (exact) mass is 326 g/mol. The fourth-order valence-electron chi connectivity index (χ4n) is 2.73. The molecular formula is C15H19ClN2O2S. The fourth-order valence-corrected chi connectivity index (χ4v) is 3.11. The van der Waals surface area contributed by atoms with E-state index in [1.54, 1.807) is 0 Å². The van der Waals surface area contributed by atoms with Gasteiger partial charge in [0.2, 0.25) is 0 Å². The van der Waals surface area contributed by atoms with Gasteiger partial charge in [0.25, 0.3) is 0 Å². The van der Waals surface area contributed by atoms with Gasteiger partial charge in [-0.05, 0) is 29.9 Å². The molecule has 114 valence electrons. The van der Waals surface area contributed by atoms with E-state index < -0.39 is 0 Å². The molecule has 0 bridgehead atoms. The first-order chi connectivity index (χ1) is 10.2. The molecule has 2 fully saturated rings. The Morgan fingerprint density at radius 3 is 2.43 bits per heavy atom. The molecule has 0 aliphatic carbocycles. The smallest absolute Gasteiger partial charge is 0.171 e. The quantitative estimate of drug-likeness (QED) is 0.845. The highest BCUT2D eigenvalue weighted by Gasteiger charge is 2.40. The molecule has 0 radical (unpaired) electrons. The van der Waals surface area contributed by atoms with Crippen molar-refractivity contribution in [3.05, 3.63) is 34.9 Å². The van der Waals surface area contributed by atoms with Gasteiger partial charge in [-0.15, -0.1) is 0 Å². The van der Waals surface area contributed by atoms with E-state index in [-0.39, 0.29) is 5.79 Å². The van der Waals surface area contributed by atoms with Crippen LogP contribution >= 0.6 is 23.8 Å². The van der Waals surface area contributed by atoms with Crippen LogP contribution in [0.3, 0.4) is 0 Å². The Morgan fingerprint density at radius 1 is 1.19 bits per heavy atom. The fraction of sp³-hybridized carbons (Fsp3) is 0.533. The largest absolute Gasteiger partial charge is 0.358 e. The first-order valence-electron chi connectivity index (χ1n) is 7.22. The second-order valence-corrected chi connectivity index (χ2v) is 6.20. The summed E-state index contributed by atoms with van der Waals surface area (Å²) in [6, 6.07) is 7.79. The van der Waals surface area contributed by atoms with Crippen molar-refractivity contribution in [2.24, 2.45) is 0 Å². The molecule has 3 rings (SSSR count). The van der Waals surface area contributed by atoms with Gasteiger partial charge in [0.1, 0.15) is 0 Å². The average molecular weight is 327 g/mol. The Hall–Kier alpha value is -0.880. The highest BCUT2D eigenvalue weighted by Crippen LogP contribution is 2.31. The van der Waals surface area contributed by atoms with Crippen LogP contribution in [0, 0.1) is 0 Å². The van der Waals surface area contributed by atoms with Gasteiger partial charge < -0.3 is 19.7 Å². The molecule has 2 heterocycles. The summed E-state index contributed by atoms with van der Waals surface area (Å²) in [5.41, 5.74) is 1.16. The number of likely N-dealkylation sites (tertiary alicyclic amines) is 1. The van der Waals surface area contributed by atoms with E-state index in [1.165, 1.54) is 0 Å². The van der Waals surface area contributed by atoms with Crippen molar-refractivity contribution in [3.63, 3.8) is 0 Å². The number of ether oxygens (including phenoxy) is 2. The summed E-state index contributed by atoms with van der Waals surface area (Å²) < 4.78 is 11.4. The summed E-state index contributed by atoms with van der Waals surface area (Å²) in [7, 11) is 0. The van der Waals surface area contributed by atoms with Crippen LogP contribution in [0.4, 0.5) is 0 Å². The molecule has 0 atom stereocenters. The Morgan fingerprint density at radius 2 is 1.81 bits per heavy atom.